The molecular weight excluding hydrogens is 402 g/mol. The van der Waals surface area contributed by atoms with Crippen molar-refractivity contribution in [3.05, 3.63) is 40.4 Å². The van der Waals surface area contributed by atoms with Crippen LogP contribution in [0.2, 0.25) is 0 Å². The summed E-state index contributed by atoms with van der Waals surface area (Å²) in [5, 5.41) is 8.18. The Bertz CT molecular complexity index is 1130. The minimum absolute atomic E-state index is 0.0453. The Morgan fingerprint density at radius 3 is 2.97 bits per heavy atom. The number of aromatic nitrogens is 2. The highest BCUT2D eigenvalue weighted by molar-refractivity contribution is 7.16. The summed E-state index contributed by atoms with van der Waals surface area (Å²) in [6, 6.07) is 5.51. The molecule has 3 aromatic rings. The van der Waals surface area contributed by atoms with Crippen LogP contribution < -0.4 is 19.5 Å². The van der Waals surface area contributed by atoms with Gasteiger partial charge in [0.05, 0.1) is 22.3 Å². The first-order chi connectivity index (χ1) is 14.5. The zero-order chi connectivity index (χ0) is 20.8. The number of fused-ring (bicyclic) bond motifs is 4. The molecule has 1 amide bonds. The smallest absolute Gasteiger partial charge is 0.261 e. The monoisotopic (exact) mass is 425 g/mol. The molecule has 0 bridgehead atoms. The van der Waals surface area contributed by atoms with Crippen LogP contribution in [0.3, 0.4) is 0 Å². The molecule has 1 aromatic carbocycles. The molecule has 0 unspecified atom stereocenters. The summed E-state index contributed by atoms with van der Waals surface area (Å²) in [5.74, 6) is 2.35. The highest BCUT2D eigenvalue weighted by atomic mass is 32.1. The largest absolute Gasteiger partial charge is 0.454 e. The van der Waals surface area contributed by atoms with Gasteiger partial charge in [-0.3, -0.25) is 9.48 Å². The minimum Gasteiger partial charge on any atom is -0.454 e. The molecule has 2 aliphatic rings. The van der Waals surface area contributed by atoms with Crippen LogP contribution in [0.15, 0.2) is 24.4 Å². The van der Waals surface area contributed by atoms with Gasteiger partial charge in [-0.1, -0.05) is 25.2 Å². The molecule has 0 radical (unpaired) electrons. The van der Waals surface area contributed by atoms with E-state index in [0.717, 1.165) is 29.7 Å². The Morgan fingerprint density at radius 2 is 2.13 bits per heavy atom. The van der Waals surface area contributed by atoms with Crippen molar-refractivity contribution in [2.24, 2.45) is 13.0 Å². The van der Waals surface area contributed by atoms with Crippen LogP contribution in [0.5, 0.6) is 22.3 Å². The van der Waals surface area contributed by atoms with Crippen molar-refractivity contribution in [2.75, 3.05) is 13.3 Å². The number of aryl methyl sites for hydroxylation is 2. The van der Waals surface area contributed by atoms with Crippen LogP contribution in [-0.2, 0) is 19.9 Å². The minimum atomic E-state index is -0.0453. The predicted octanol–water partition coefficient (Wildman–Crippen LogP) is 4.15. The Hall–Kier alpha value is -3.00. The van der Waals surface area contributed by atoms with Crippen molar-refractivity contribution in [1.82, 2.24) is 15.1 Å². The van der Waals surface area contributed by atoms with Gasteiger partial charge in [-0.2, -0.15) is 5.10 Å². The third-order valence-corrected chi connectivity index (χ3v) is 6.41. The number of thiophene rings is 1. The number of nitrogens with zero attached hydrogens (tertiary/aromatic N) is 2. The van der Waals surface area contributed by atoms with Crippen LogP contribution in [0.1, 0.15) is 34.6 Å². The standard InChI is InChI=1S/C22H23N3O4S/c1-12(2)9-23-21(26)20-15-6-4-13-10-24-25(3)19(13)18(15)22(30-20)29-14-5-7-16-17(8-14)28-11-27-16/h5,7-8,10,12H,4,6,9,11H2,1-3H3,(H,23,26). The summed E-state index contributed by atoms with van der Waals surface area (Å²) in [5.41, 5.74) is 4.19. The molecule has 5 rings (SSSR count). The second-order valence-corrected chi connectivity index (χ2v) is 8.92. The molecule has 0 spiro atoms. The maximum atomic E-state index is 13.0. The molecule has 0 saturated carbocycles. The van der Waals surface area contributed by atoms with Crippen LogP contribution in [0.25, 0.3) is 11.3 Å². The summed E-state index contributed by atoms with van der Waals surface area (Å²) in [6.07, 6.45) is 3.55. The maximum Gasteiger partial charge on any atom is 0.261 e. The fourth-order valence-electron chi connectivity index (χ4n) is 3.85. The Kier molecular flexibility index (Phi) is 4.66. The predicted molar refractivity (Wildman–Crippen MR) is 114 cm³/mol. The van der Waals surface area contributed by atoms with E-state index in [9.17, 15) is 4.79 Å². The topological polar surface area (TPSA) is 74.6 Å². The first-order valence-electron chi connectivity index (χ1n) is 10.0. The number of rotatable bonds is 5. The van der Waals surface area contributed by atoms with Crippen molar-refractivity contribution in [3.8, 4) is 33.6 Å². The Morgan fingerprint density at radius 1 is 1.30 bits per heavy atom. The van der Waals surface area contributed by atoms with E-state index in [1.807, 2.05) is 36.1 Å². The molecule has 0 saturated heterocycles. The second kappa shape index (κ2) is 7.36. The third-order valence-electron chi connectivity index (χ3n) is 5.30. The van der Waals surface area contributed by atoms with E-state index in [4.69, 9.17) is 14.2 Å². The van der Waals surface area contributed by atoms with Gasteiger partial charge in [-0.15, -0.1) is 0 Å². The lowest BCUT2D eigenvalue weighted by molar-refractivity contribution is 0.0952. The highest BCUT2D eigenvalue weighted by Gasteiger charge is 2.31. The molecule has 8 heteroatoms. The summed E-state index contributed by atoms with van der Waals surface area (Å²) in [7, 11) is 1.93. The Labute approximate surface area is 178 Å². The normalized spacial score (nSPS) is 13.9. The number of nitrogens with one attached hydrogen (secondary N) is 1. The lowest BCUT2D eigenvalue weighted by atomic mass is 9.91. The van der Waals surface area contributed by atoms with Crippen molar-refractivity contribution in [2.45, 2.75) is 26.7 Å². The van der Waals surface area contributed by atoms with Crippen molar-refractivity contribution < 1.29 is 19.0 Å². The van der Waals surface area contributed by atoms with E-state index >= 15 is 0 Å². The van der Waals surface area contributed by atoms with Gasteiger partial charge in [0.2, 0.25) is 6.79 Å². The van der Waals surface area contributed by atoms with Crippen LogP contribution >= 0.6 is 11.3 Å². The fourth-order valence-corrected chi connectivity index (χ4v) is 4.99. The van der Waals surface area contributed by atoms with Gasteiger partial charge in [0, 0.05) is 19.7 Å². The van der Waals surface area contributed by atoms with Gasteiger partial charge >= 0.3 is 0 Å². The average Bonchev–Trinajstić information content (AvgIpc) is 3.43. The SMILES string of the molecule is CC(C)CNC(=O)c1sc(Oc2ccc3c(c2)OCO3)c2c1CCc1cnn(C)c1-2. The summed E-state index contributed by atoms with van der Waals surface area (Å²) >= 11 is 1.39. The lowest BCUT2D eigenvalue weighted by Gasteiger charge is -2.16. The Balaban J connectivity index is 1.57. The molecule has 2 aromatic heterocycles. The van der Waals surface area contributed by atoms with Crippen LogP contribution in [0, 0.1) is 5.92 Å². The molecule has 0 fully saturated rings. The zero-order valence-electron chi connectivity index (χ0n) is 17.2. The van der Waals surface area contributed by atoms with Crippen molar-refractivity contribution in [1.29, 1.82) is 0 Å². The third kappa shape index (κ3) is 3.21. The lowest BCUT2D eigenvalue weighted by Crippen LogP contribution is -2.27. The van der Waals surface area contributed by atoms with E-state index in [-0.39, 0.29) is 12.7 Å². The summed E-state index contributed by atoms with van der Waals surface area (Å²) in [4.78, 5) is 13.7. The van der Waals surface area contributed by atoms with E-state index in [1.165, 1.54) is 16.9 Å². The second-order valence-electron chi connectivity index (χ2n) is 7.94. The van der Waals surface area contributed by atoms with E-state index in [0.29, 0.717) is 39.7 Å². The van der Waals surface area contributed by atoms with Gasteiger partial charge in [0.15, 0.2) is 16.6 Å². The molecule has 0 atom stereocenters. The van der Waals surface area contributed by atoms with Gasteiger partial charge in [-0.25, -0.2) is 0 Å². The number of amides is 1. The molecule has 156 valence electrons. The number of hydrogen-bond donors (Lipinski definition) is 1. The van der Waals surface area contributed by atoms with Crippen LogP contribution in [-0.4, -0.2) is 29.0 Å². The first kappa shape index (κ1) is 19.0. The fraction of sp³-hybridized carbons (Fsp3) is 0.364. The van der Waals surface area contributed by atoms with Gasteiger partial charge in [-0.05, 0) is 42.0 Å². The molecule has 1 N–H and O–H groups in total. The highest BCUT2D eigenvalue weighted by Crippen LogP contribution is 2.49. The molecular formula is C22H23N3O4S. The zero-order valence-corrected chi connectivity index (χ0v) is 18.0. The van der Waals surface area contributed by atoms with Gasteiger partial charge in [0.25, 0.3) is 5.91 Å². The van der Waals surface area contributed by atoms with Crippen molar-refractivity contribution >= 4 is 17.2 Å². The van der Waals surface area contributed by atoms with E-state index in [1.54, 1.807) is 0 Å². The molecule has 7 nitrogen and oxygen atoms in total. The average molecular weight is 426 g/mol. The summed E-state index contributed by atoms with van der Waals surface area (Å²) < 4.78 is 19.0. The number of carbonyl (C=O) groups is 1. The summed E-state index contributed by atoms with van der Waals surface area (Å²) in [6.45, 7) is 5.02. The molecule has 3 heterocycles. The van der Waals surface area contributed by atoms with Crippen molar-refractivity contribution in [3.63, 3.8) is 0 Å². The van der Waals surface area contributed by atoms with Crippen LogP contribution in [0.4, 0.5) is 0 Å². The van der Waals surface area contributed by atoms with E-state index in [2.05, 4.69) is 24.3 Å². The maximum absolute atomic E-state index is 13.0. The quantitative estimate of drug-likeness (QED) is 0.665. The number of benzene rings is 1. The first-order valence-corrected chi connectivity index (χ1v) is 10.9. The van der Waals surface area contributed by atoms with Gasteiger partial charge in [0.1, 0.15) is 5.75 Å². The molecule has 1 aliphatic heterocycles. The van der Waals surface area contributed by atoms with E-state index < -0.39 is 0 Å². The number of carbonyl (C=O) groups excluding carboxylic acids is 1. The number of ether oxygens (including phenoxy) is 3. The van der Waals surface area contributed by atoms with Gasteiger partial charge < -0.3 is 19.5 Å². The number of hydrogen-bond acceptors (Lipinski definition) is 6. The molecule has 30 heavy (non-hydrogen) atoms. The molecule has 1 aliphatic carbocycles.